The molecule has 164 valence electrons. The van der Waals surface area contributed by atoms with E-state index in [1.165, 1.54) is 19.3 Å². The number of carbonyl (C=O) groups excluding carboxylic acids is 3. The molecule has 1 aliphatic carbocycles. The molecular formula is C25H30N2O4. The second-order valence-corrected chi connectivity index (χ2v) is 8.59. The van der Waals surface area contributed by atoms with Gasteiger partial charge in [-0.2, -0.15) is 0 Å². The van der Waals surface area contributed by atoms with E-state index in [1.807, 2.05) is 47.4 Å². The topological polar surface area (TPSA) is 75.7 Å². The Balaban J connectivity index is 1.23. The first kappa shape index (κ1) is 21.3. The molecule has 1 aliphatic heterocycles. The van der Waals surface area contributed by atoms with Crippen LogP contribution >= 0.6 is 0 Å². The summed E-state index contributed by atoms with van der Waals surface area (Å²) in [5, 5.41) is 4.70. The van der Waals surface area contributed by atoms with Gasteiger partial charge in [0.15, 0.2) is 6.61 Å². The van der Waals surface area contributed by atoms with Crippen LogP contribution in [0.4, 0.5) is 0 Å². The zero-order valence-corrected chi connectivity index (χ0v) is 17.8. The van der Waals surface area contributed by atoms with E-state index in [0.29, 0.717) is 12.0 Å². The fraction of sp³-hybridized carbons (Fsp3) is 0.480. The lowest BCUT2D eigenvalue weighted by Gasteiger charge is -2.44. The fourth-order valence-corrected chi connectivity index (χ4v) is 5.06. The number of nitrogens with zero attached hydrogens (tertiary/aromatic N) is 1. The maximum absolute atomic E-state index is 12.6. The van der Waals surface area contributed by atoms with Gasteiger partial charge < -0.3 is 15.0 Å². The van der Waals surface area contributed by atoms with Crippen LogP contribution in [0.2, 0.25) is 0 Å². The molecule has 6 nitrogen and oxygen atoms in total. The zero-order valence-electron chi connectivity index (χ0n) is 17.8. The maximum Gasteiger partial charge on any atom is 0.325 e. The van der Waals surface area contributed by atoms with Gasteiger partial charge in [0, 0.05) is 12.6 Å². The summed E-state index contributed by atoms with van der Waals surface area (Å²) in [6.45, 7) is 0.267. The Labute approximate surface area is 182 Å². The molecule has 1 N–H and O–H groups in total. The molecule has 0 unspecified atom stereocenters. The van der Waals surface area contributed by atoms with E-state index in [0.717, 1.165) is 42.1 Å². The summed E-state index contributed by atoms with van der Waals surface area (Å²) in [6.07, 6.45) is 7.04. The van der Waals surface area contributed by atoms with Gasteiger partial charge in [-0.05, 0) is 47.9 Å². The summed E-state index contributed by atoms with van der Waals surface area (Å²) >= 11 is 0. The second kappa shape index (κ2) is 9.94. The molecule has 0 aromatic heterocycles. The van der Waals surface area contributed by atoms with Gasteiger partial charge in [-0.3, -0.25) is 14.4 Å². The predicted octanol–water partition coefficient (Wildman–Crippen LogP) is 3.22. The summed E-state index contributed by atoms with van der Waals surface area (Å²) in [5.41, 5.74) is 0.909. The predicted molar refractivity (Wildman–Crippen MR) is 118 cm³/mol. The number of piperidine rings is 1. The Morgan fingerprint density at radius 2 is 1.74 bits per heavy atom. The highest BCUT2D eigenvalue weighted by Crippen LogP contribution is 2.35. The average Bonchev–Trinajstić information content (AvgIpc) is 2.81. The lowest BCUT2D eigenvalue weighted by molar-refractivity contribution is -0.154. The molecule has 1 saturated heterocycles. The van der Waals surface area contributed by atoms with Crippen LogP contribution < -0.4 is 5.32 Å². The van der Waals surface area contributed by atoms with E-state index in [-0.39, 0.29) is 31.4 Å². The van der Waals surface area contributed by atoms with E-state index < -0.39 is 5.97 Å². The maximum atomic E-state index is 12.6. The van der Waals surface area contributed by atoms with Crippen molar-refractivity contribution in [2.45, 2.75) is 51.0 Å². The van der Waals surface area contributed by atoms with E-state index in [9.17, 15) is 14.4 Å². The van der Waals surface area contributed by atoms with E-state index in [2.05, 4.69) is 5.32 Å². The van der Waals surface area contributed by atoms with Gasteiger partial charge in [0.25, 0.3) is 5.91 Å². The molecule has 31 heavy (non-hydrogen) atoms. The van der Waals surface area contributed by atoms with Crippen molar-refractivity contribution in [3.05, 3.63) is 48.0 Å². The third-order valence-corrected chi connectivity index (χ3v) is 6.58. The number of nitrogens with one attached hydrogen (secondary N) is 1. The first-order chi connectivity index (χ1) is 15.1. The van der Waals surface area contributed by atoms with Crippen molar-refractivity contribution in [3.63, 3.8) is 0 Å². The molecule has 2 aliphatic rings. The van der Waals surface area contributed by atoms with Gasteiger partial charge in [0.05, 0.1) is 6.42 Å². The number of esters is 1. The molecule has 2 amide bonds. The third kappa shape index (κ3) is 5.24. The summed E-state index contributed by atoms with van der Waals surface area (Å²) in [4.78, 5) is 38.9. The van der Waals surface area contributed by atoms with Crippen LogP contribution in [-0.2, 0) is 25.5 Å². The number of ether oxygens (including phenoxy) is 1. The summed E-state index contributed by atoms with van der Waals surface area (Å²) in [5.74, 6) is -0.361. The molecule has 0 spiro atoms. The van der Waals surface area contributed by atoms with E-state index in [4.69, 9.17) is 4.74 Å². The minimum atomic E-state index is -0.586. The van der Waals surface area contributed by atoms with Gasteiger partial charge in [-0.1, -0.05) is 55.3 Å². The van der Waals surface area contributed by atoms with Crippen molar-refractivity contribution in [3.8, 4) is 0 Å². The number of hydrogen-bond acceptors (Lipinski definition) is 4. The number of likely N-dealkylation sites (tertiary alicyclic amines) is 1. The van der Waals surface area contributed by atoms with E-state index >= 15 is 0 Å². The lowest BCUT2D eigenvalue weighted by Crippen LogP contribution is -2.51. The summed E-state index contributed by atoms with van der Waals surface area (Å²) < 4.78 is 5.16. The van der Waals surface area contributed by atoms with Crippen molar-refractivity contribution in [1.29, 1.82) is 0 Å². The third-order valence-electron chi connectivity index (χ3n) is 6.58. The molecule has 2 fully saturated rings. The van der Waals surface area contributed by atoms with Crippen molar-refractivity contribution >= 4 is 28.6 Å². The second-order valence-electron chi connectivity index (χ2n) is 8.59. The number of carbonyl (C=O) groups is 3. The molecule has 2 aromatic carbocycles. The van der Waals surface area contributed by atoms with Crippen LogP contribution in [-0.4, -0.2) is 48.4 Å². The molecule has 6 heteroatoms. The van der Waals surface area contributed by atoms with Crippen LogP contribution in [0.3, 0.4) is 0 Å². The number of amides is 2. The van der Waals surface area contributed by atoms with Gasteiger partial charge in [-0.25, -0.2) is 0 Å². The van der Waals surface area contributed by atoms with Crippen molar-refractivity contribution < 1.29 is 19.1 Å². The largest absolute Gasteiger partial charge is 0.454 e. The van der Waals surface area contributed by atoms with E-state index in [1.54, 1.807) is 0 Å². The standard InChI is InChI=1S/C25H30N2O4/c28-23(15-20-10-5-9-18-7-1-3-12-21(18)20)26-16-25(30)31-17-24(29)27-14-6-11-19-8-2-4-13-22(19)27/h1,3,5,7,9-10,12,19,22H,2,4,6,8,11,13-17H2,(H,26,28)/t19-,22-/m1/s1. The minimum Gasteiger partial charge on any atom is -0.454 e. The zero-order chi connectivity index (χ0) is 21.6. The fourth-order valence-electron chi connectivity index (χ4n) is 5.06. The van der Waals surface area contributed by atoms with Crippen LogP contribution in [0.15, 0.2) is 42.5 Å². The first-order valence-electron chi connectivity index (χ1n) is 11.3. The normalized spacial score (nSPS) is 20.7. The number of benzene rings is 2. The highest BCUT2D eigenvalue weighted by Gasteiger charge is 2.35. The van der Waals surface area contributed by atoms with Crippen molar-refractivity contribution in [2.75, 3.05) is 19.7 Å². The molecule has 2 atom stereocenters. The van der Waals surface area contributed by atoms with Gasteiger partial charge >= 0.3 is 5.97 Å². The van der Waals surface area contributed by atoms with Crippen LogP contribution in [0.1, 0.15) is 44.1 Å². The molecular weight excluding hydrogens is 392 g/mol. The van der Waals surface area contributed by atoms with Crippen LogP contribution in [0.25, 0.3) is 10.8 Å². The number of rotatable bonds is 6. The van der Waals surface area contributed by atoms with Crippen LogP contribution in [0.5, 0.6) is 0 Å². The number of fused-ring (bicyclic) bond motifs is 2. The minimum absolute atomic E-state index is 0.118. The monoisotopic (exact) mass is 422 g/mol. The first-order valence-corrected chi connectivity index (χ1v) is 11.3. The molecule has 0 radical (unpaired) electrons. The van der Waals surface area contributed by atoms with Crippen LogP contribution in [0, 0.1) is 5.92 Å². The average molecular weight is 423 g/mol. The summed E-state index contributed by atoms with van der Waals surface area (Å²) in [7, 11) is 0. The van der Waals surface area contributed by atoms with Gasteiger partial charge in [-0.15, -0.1) is 0 Å². The summed E-state index contributed by atoms with van der Waals surface area (Å²) in [6, 6.07) is 14.0. The molecule has 1 saturated carbocycles. The Kier molecular flexibility index (Phi) is 6.85. The Morgan fingerprint density at radius 3 is 2.65 bits per heavy atom. The lowest BCUT2D eigenvalue weighted by atomic mass is 9.78. The van der Waals surface area contributed by atoms with Crippen molar-refractivity contribution in [1.82, 2.24) is 10.2 Å². The Bertz CT molecular complexity index is 950. The quantitative estimate of drug-likeness (QED) is 0.726. The number of hydrogen-bond donors (Lipinski definition) is 1. The van der Waals surface area contributed by atoms with Gasteiger partial charge in [0.1, 0.15) is 6.54 Å². The van der Waals surface area contributed by atoms with Gasteiger partial charge in [0.2, 0.25) is 5.91 Å². The smallest absolute Gasteiger partial charge is 0.325 e. The molecule has 2 aromatic rings. The SMILES string of the molecule is O=C(Cc1cccc2ccccc12)NCC(=O)OCC(=O)N1CCC[C@H]2CCCC[C@H]21. The molecule has 4 rings (SSSR count). The highest BCUT2D eigenvalue weighted by molar-refractivity contribution is 5.91. The van der Waals surface area contributed by atoms with Crippen molar-refractivity contribution in [2.24, 2.45) is 5.92 Å². The molecule has 1 heterocycles. The Hall–Kier alpha value is -2.89. The molecule has 0 bridgehead atoms. The Morgan fingerprint density at radius 1 is 0.968 bits per heavy atom. The highest BCUT2D eigenvalue weighted by atomic mass is 16.5.